The molecule has 0 unspecified atom stereocenters. The Labute approximate surface area is 157 Å². The number of likely N-dealkylation sites (tertiary alicyclic amines) is 1. The molecule has 0 aromatic heterocycles. The summed E-state index contributed by atoms with van der Waals surface area (Å²) in [4.78, 5) is 27.4. The topological polar surface area (TPSA) is 49.4 Å². The van der Waals surface area contributed by atoms with E-state index in [1.165, 1.54) is 24.8 Å². The second-order valence-electron chi connectivity index (χ2n) is 8.20. The van der Waals surface area contributed by atoms with Gasteiger partial charge in [0.05, 0.1) is 0 Å². The smallest absolute Gasteiger partial charge is 0.227 e. The van der Waals surface area contributed by atoms with Gasteiger partial charge in [0.2, 0.25) is 11.8 Å². The van der Waals surface area contributed by atoms with E-state index < -0.39 is 0 Å². The van der Waals surface area contributed by atoms with E-state index in [0.717, 1.165) is 55.6 Å². The monoisotopic (exact) mass is 356 g/mol. The molecule has 1 saturated carbocycles. The van der Waals surface area contributed by atoms with Gasteiger partial charge in [-0.05, 0) is 57.6 Å². The van der Waals surface area contributed by atoms with Crippen LogP contribution in [-0.4, -0.2) is 29.8 Å². The van der Waals surface area contributed by atoms with Crippen LogP contribution in [0.1, 0.15) is 61.6 Å². The largest absolute Gasteiger partial charge is 0.342 e. The summed E-state index contributed by atoms with van der Waals surface area (Å²) in [5.41, 5.74) is 4.38. The van der Waals surface area contributed by atoms with Crippen molar-refractivity contribution in [3.63, 3.8) is 0 Å². The molecule has 1 aromatic carbocycles. The van der Waals surface area contributed by atoms with Gasteiger partial charge in [0.15, 0.2) is 0 Å². The number of piperidine rings is 1. The highest BCUT2D eigenvalue weighted by molar-refractivity contribution is 5.94. The summed E-state index contributed by atoms with van der Waals surface area (Å²) in [6, 6.07) is 4.21. The number of carbonyl (C=O) groups is 2. The summed E-state index contributed by atoms with van der Waals surface area (Å²) in [6.45, 7) is 7.60. The maximum atomic E-state index is 12.7. The SMILES string of the molecule is Cc1cc(C)c(NC(=O)C2CCN(C(=O)C3CCCCC3)CC2)c(C)c1. The van der Waals surface area contributed by atoms with Crippen LogP contribution in [0.2, 0.25) is 0 Å². The Balaban J connectivity index is 1.54. The number of amides is 2. The van der Waals surface area contributed by atoms with Crippen molar-refractivity contribution in [1.82, 2.24) is 4.90 Å². The lowest BCUT2D eigenvalue weighted by molar-refractivity contribution is -0.139. The van der Waals surface area contributed by atoms with E-state index in [9.17, 15) is 9.59 Å². The van der Waals surface area contributed by atoms with E-state index >= 15 is 0 Å². The molecule has 4 heteroatoms. The quantitative estimate of drug-likeness (QED) is 0.874. The molecule has 0 atom stereocenters. The molecule has 2 aliphatic rings. The van der Waals surface area contributed by atoms with Crippen LogP contribution in [0.25, 0.3) is 0 Å². The van der Waals surface area contributed by atoms with Gasteiger partial charge in [-0.25, -0.2) is 0 Å². The number of rotatable bonds is 3. The third kappa shape index (κ3) is 4.28. The van der Waals surface area contributed by atoms with Crippen molar-refractivity contribution < 1.29 is 9.59 Å². The molecule has 2 amide bonds. The lowest BCUT2D eigenvalue weighted by Gasteiger charge is -2.34. The average Bonchev–Trinajstić information content (AvgIpc) is 2.64. The molecule has 4 nitrogen and oxygen atoms in total. The molecule has 0 radical (unpaired) electrons. The fraction of sp³-hybridized carbons (Fsp3) is 0.636. The molecular formula is C22H32N2O2. The predicted molar refractivity (Wildman–Crippen MR) is 105 cm³/mol. The normalized spacial score (nSPS) is 19.4. The zero-order valence-electron chi connectivity index (χ0n) is 16.4. The minimum Gasteiger partial charge on any atom is -0.342 e. The number of hydrogen-bond acceptors (Lipinski definition) is 2. The zero-order chi connectivity index (χ0) is 18.7. The highest BCUT2D eigenvalue weighted by Crippen LogP contribution is 2.28. The molecule has 26 heavy (non-hydrogen) atoms. The zero-order valence-corrected chi connectivity index (χ0v) is 16.4. The third-order valence-corrected chi connectivity index (χ3v) is 6.06. The lowest BCUT2D eigenvalue weighted by Crippen LogP contribution is -2.44. The van der Waals surface area contributed by atoms with Gasteiger partial charge < -0.3 is 10.2 Å². The number of aryl methyl sites for hydroxylation is 3. The highest BCUT2D eigenvalue weighted by Gasteiger charge is 2.31. The van der Waals surface area contributed by atoms with E-state index in [0.29, 0.717) is 5.91 Å². The standard InChI is InChI=1S/C22H32N2O2/c1-15-13-16(2)20(17(3)14-15)23-21(25)18-9-11-24(12-10-18)22(26)19-7-5-4-6-8-19/h13-14,18-19H,4-12H2,1-3H3,(H,23,25). The first-order chi connectivity index (χ1) is 12.5. The highest BCUT2D eigenvalue weighted by atomic mass is 16.2. The minimum atomic E-state index is 0.00510. The molecule has 142 valence electrons. The Hall–Kier alpha value is -1.84. The van der Waals surface area contributed by atoms with Crippen LogP contribution >= 0.6 is 0 Å². The van der Waals surface area contributed by atoms with Crippen LogP contribution in [0.15, 0.2) is 12.1 Å². The van der Waals surface area contributed by atoms with Gasteiger partial charge in [-0.3, -0.25) is 9.59 Å². The summed E-state index contributed by atoms with van der Waals surface area (Å²) in [7, 11) is 0. The van der Waals surface area contributed by atoms with E-state index in [2.05, 4.69) is 24.4 Å². The van der Waals surface area contributed by atoms with Crippen molar-refractivity contribution in [2.45, 2.75) is 65.7 Å². The summed E-state index contributed by atoms with van der Waals surface area (Å²) < 4.78 is 0. The van der Waals surface area contributed by atoms with Crippen LogP contribution in [0.5, 0.6) is 0 Å². The van der Waals surface area contributed by atoms with Gasteiger partial charge in [0.25, 0.3) is 0 Å². The summed E-state index contributed by atoms with van der Waals surface area (Å²) in [5, 5.41) is 3.14. The summed E-state index contributed by atoms with van der Waals surface area (Å²) >= 11 is 0. The minimum absolute atomic E-state index is 0.00510. The second kappa shape index (κ2) is 8.24. The molecule has 1 saturated heterocycles. The fourth-order valence-electron chi connectivity index (χ4n) is 4.57. The molecule has 1 aliphatic heterocycles. The van der Waals surface area contributed by atoms with Gasteiger partial charge in [-0.2, -0.15) is 0 Å². The van der Waals surface area contributed by atoms with Crippen molar-refractivity contribution in [3.05, 3.63) is 28.8 Å². The van der Waals surface area contributed by atoms with Gasteiger partial charge in [-0.15, -0.1) is 0 Å². The van der Waals surface area contributed by atoms with Crippen LogP contribution in [0, 0.1) is 32.6 Å². The third-order valence-electron chi connectivity index (χ3n) is 6.06. The summed E-state index contributed by atoms with van der Waals surface area (Å²) in [5.74, 6) is 0.663. The van der Waals surface area contributed by atoms with Gasteiger partial charge in [0, 0.05) is 30.6 Å². The Morgan fingerprint density at radius 1 is 0.885 bits per heavy atom. The number of anilines is 1. The van der Waals surface area contributed by atoms with E-state index in [-0.39, 0.29) is 17.7 Å². The first-order valence-corrected chi connectivity index (χ1v) is 10.1. The molecule has 0 spiro atoms. The Morgan fingerprint density at radius 3 is 2.04 bits per heavy atom. The number of nitrogens with one attached hydrogen (secondary N) is 1. The number of benzene rings is 1. The Kier molecular flexibility index (Phi) is 6.00. The fourth-order valence-corrected chi connectivity index (χ4v) is 4.57. The Bertz CT molecular complexity index is 646. The molecular weight excluding hydrogens is 324 g/mol. The predicted octanol–water partition coefficient (Wildman–Crippen LogP) is 4.37. The van der Waals surface area contributed by atoms with Crippen molar-refractivity contribution in [3.8, 4) is 0 Å². The van der Waals surface area contributed by atoms with E-state index in [1.54, 1.807) is 0 Å². The van der Waals surface area contributed by atoms with E-state index in [4.69, 9.17) is 0 Å². The maximum absolute atomic E-state index is 12.7. The van der Waals surface area contributed by atoms with Gasteiger partial charge in [-0.1, -0.05) is 37.0 Å². The first-order valence-electron chi connectivity index (χ1n) is 10.1. The summed E-state index contributed by atoms with van der Waals surface area (Å²) in [6.07, 6.45) is 7.28. The molecule has 1 aromatic rings. The van der Waals surface area contributed by atoms with Crippen molar-refractivity contribution in [2.24, 2.45) is 11.8 Å². The van der Waals surface area contributed by atoms with Crippen molar-refractivity contribution in [1.29, 1.82) is 0 Å². The molecule has 1 N–H and O–H groups in total. The van der Waals surface area contributed by atoms with Crippen molar-refractivity contribution >= 4 is 17.5 Å². The molecule has 1 heterocycles. The Morgan fingerprint density at radius 2 is 1.46 bits per heavy atom. The molecule has 2 fully saturated rings. The molecule has 3 rings (SSSR count). The molecule has 1 aliphatic carbocycles. The van der Waals surface area contributed by atoms with Crippen LogP contribution in [0.4, 0.5) is 5.69 Å². The number of hydrogen-bond donors (Lipinski definition) is 1. The van der Waals surface area contributed by atoms with Crippen molar-refractivity contribution in [2.75, 3.05) is 18.4 Å². The number of nitrogens with zero attached hydrogens (tertiary/aromatic N) is 1. The van der Waals surface area contributed by atoms with E-state index in [1.807, 2.05) is 18.7 Å². The van der Waals surface area contributed by atoms with Crippen LogP contribution in [0.3, 0.4) is 0 Å². The second-order valence-corrected chi connectivity index (χ2v) is 8.20. The van der Waals surface area contributed by atoms with Gasteiger partial charge >= 0.3 is 0 Å². The van der Waals surface area contributed by atoms with Gasteiger partial charge in [0.1, 0.15) is 0 Å². The lowest BCUT2D eigenvalue weighted by atomic mass is 9.87. The van der Waals surface area contributed by atoms with Crippen LogP contribution in [-0.2, 0) is 9.59 Å². The molecule has 0 bridgehead atoms. The maximum Gasteiger partial charge on any atom is 0.227 e. The first kappa shape index (κ1) is 18.9. The number of carbonyl (C=O) groups excluding carboxylic acids is 2. The van der Waals surface area contributed by atoms with Crippen LogP contribution < -0.4 is 5.32 Å². The average molecular weight is 357 g/mol.